The van der Waals surface area contributed by atoms with Crippen molar-refractivity contribution < 1.29 is 69.4 Å². The molecule has 0 aromatic carbocycles. The quantitative estimate of drug-likeness (QED) is 0.143. The standard InChI is InChI=1S/C41H64O14/c1-36(2)16-20-19-8-9-23-38(5)12-11-25(37(3,4)22(38)10-13-40(23,7)39(19,6)14-15-41(20,35(50)51)24(43)17-36)53-34-29(47)30(28(46)31(55-34)32(48)49)54-33-27(45)26(44)21(42)18-52-33/h8,20-31,33-34,42-47H,9-18H2,1-7H3,(H,48,49)(H,50,51)/t20-,21+,22-,23+,24-,25-,26-,27+,28-,29+,30-,31-,33-,34+,38-,39+,40+,41-/m0/s1. The van der Waals surface area contributed by atoms with E-state index in [1.165, 1.54) is 5.57 Å². The average Bonchev–Trinajstić information content (AvgIpc) is 3.08. The Morgan fingerprint density at radius 1 is 0.764 bits per heavy atom. The molecule has 0 radical (unpaired) electrons. The van der Waals surface area contributed by atoms with E-state index in [9.17, 15) is 50.4 Å². The highest BCUT2D eigenvalue weighted by atomic mass is 16.7. The molecule has 18 atom stereocenters. The zero-order valence-corrected chi connectivity index (χ0v) is 33.3. The van der Waals surface area contributed by atoms with Crippen molar-refractivity contribution in [2.24, 2.45) is 50.2 Å². The molecule has 0 amide bonds. The zero-order valence-electron chi connectivity index (χ0n) is 33.3. The number of carboxylic acids is 2. The van der Waals surface area contributed by atoms with Gasteiger partial charge in [-0.15, -0.1) is 0 Å². The van der Waals surface area contributed by atoms with Crippen LogP contribution in [-0.2, 0) is 28.5 Å². The van der Waals surface area contributed by atoms with Crippen LogP contribution in [-0.4, -0.2) is 127 Å². The van der Waals surface area contributed by atoms with Gasteiger partial charge in [-0.05, 0) is 103 Å². The molecule has 2 heterocycles. The fourth-order valence-electron chi connectivity index (χ4n) is 13.6. The highest BCUT2D eigenvalue weighted by molar-refractivity contribution is 5.77. The number of aliphatic hydroxyl groups excluding tert-OH is 6. The van der Waals surface area contributed by atoms with E-state index < -0.39 is 96.9 Å². The van der Waals surface area contributed by atoms with Crippen LogP contribution in [0.3, 0.4) is 0 Å². The Morgan fingerprint density at radius 2 is 1.45 bits per heavy atom. The van der Waals surface area contributed by atoms with Crippen LogP contribution in [0, 0.1) is 50.2 Å². The summed E-state index contributed by atoms with van der Waals surface area (Å²) < 4.78 is 23.3. The van der Waals surface area contributed by atoms with Crippen LogP contribution >= 0.6 is 0 Å². The lowest BCUT2D eigenvalue weighted by molar-refractivity contribution is -0.357. The largest absolute Gasteiger partial charge is 0.481 e. The third kappa shape index (κ3) is 6.01. The van der Waals surface area contributed by atoms with Crippen molar-refractivity contribution in [1.29, 1.82) is 0 Å². The molecular formula is C41H64O14. The van der Waals surface area contributed by atoms with E-state index in [2.05, 4.69) is 54.5 Å². The summed E-state index contributed by atoms with van der Waals surface area (Å²) in [7, 11) is 0. The predicted octanol–water partition coefficient (Wildman–Crippen LogP) is 2.58. The lowest BCUT2D eigenvalue weighted by atomic mass is 9.33. The summed E-state index contributed by atoms with van der Waals surface area (Å²) in [5.41, 5.74) is -1.13. The molecular weight excluding hydrogens is 716 g/mol. The number of hydrogen-bond acceptors (Lipinski definition) is 12. The van der Waals surface area contributed by atoms with Crippen molar-refractivity contribution in [2.45, 2.75) is 174 Å². The maximum absolute atomic E-state index is 13.1. The van der Waals surface area contributed by atoms with Gasteiger partial charge in [-0.3, -0.25) is 4.79 Å². The number of fused-ring (bicyclic) bond motifs is 7. The monoisotopic (exact) mass is 780 g/mol. The molecule has 2 aliphatic heterocycles. The molecule has 4 saturated carbocycles. The molecule has 6 fully saturated rings. The molecule has 0 bridgehead atoms. The number of aliphatic hydroxyl groups is 6. The van der Waals surface area contributed by atoms with Gasteiger partial charge in [0.2, 0.25) is 0 Å². The van der Waals surface area contributed by atoms with Gasteiger partial charge in [0.15, 0.2) is 18.7 Å². The fraction of sp³-hybridized carbons (Fsp3) is 0.902. The topological polar surface area (TPSA) is 233 Å². The Bertz CT molecular complexity index is 1550. The van der Waals surface area contributed by atoms with Crippen LogP contribution in [0.25, 0.3) is 0 Å². The number of allylic oxidation sites excluding steroid dienone is 2. The second-order valence-corrected chi connectivity index (χ2v) is 20.4. The first-order chi connectivity index (χ1) is 25.5. The summed E-state index contributed by atoms with van der Waals surface area (Å²) in [5, 5.41) is 85.1. The van der Waals surface area contributed by atoms with Gasteiger partial charge < -0.3 is 59.8 Å². The molecule has 0 spiro atoms. The van der Waals surface area contributed by atoms with Crippen LogP contribution in [0.15, 0.2) is 11.6 Å². The third-order valence-electron chi connectivity index (χ3n) is 16.8. The van der Waals surface area contributed by atoms with Gasteiger partial charge in [0, 0.05) is 0 Å². The van der Waals surface area contributed by atoms with Crippen LogP contribution < -0.4 is 0 Å². The SMILES string of the molecule is CC1(C)C[C@H](O)[C@]2(C(=O)O)CC[C@]3(C)C(=CC[C@@H]4[C@@]5(C)CC[C@H](O[C@@H]6O[C@H](C(=O)O)[C@@H](O)[C@H](O[C@@H]7OC[C@@H](O)[C@H](O)[C@H]7O)[C@H]6O)C(C)(C)[C@@H]5CC[C@]43C)[C@@H]2C1. The van der Waals surface area contributed by atoms with E-state index in [1.807, 2.05) is 0 Å². The lowest BCUT2D eigenvalue weighted by Crippen LogP contribution is -2.67. The van der Waals surface area contributed by atoms with Crippen molar-refractivity contribution in [3.63, 3.8) is 0 Å². The maximum Gasteiger partial charge on any atom is 0.335 e. The van der Waals surface area contributed by atoms with E-state index in [0.717, 1.165) is 32.1 Å². The van der Waals surface area contributed by atoms with Crippen molar-refractivity contribution in [1.82, 2.24) is 0 Å². The Kier molecular flexibility index (Phi) is 10.3. The number of carbonyl (C=O) groups is 2. The summed E-state index contributed by atoms with van der Waals surface area (Å²) >= 11 is 0. The number of ether oxygens (including phenoxy) is 4. The minimum Gasteiger partial charge on any atom is -0.481 e. The van der Waals surface area contributed by atoms with Crippen molar-refractivity contribution in [2.75, 3.05) is 6.61 Å². The minimum absolute atomic E-state index is 0.128. The zero-order chi connectivity index (χ0) is 40.4. The second-order valence-electron chi connectivity index (χ2n) is 20.4. The second kappa shape index (κ2) is 13.7. The van der Waals surface area contributed by atoms with Crippen LogP contribution in [0.5, 0.6) is 0 Å². The molecule has 7 aliphatic rings. The van der Waals surface area contributed by atoms with Crippen LogP contribution in [0.4, 0.5) is 0 Å². The number of rotatable bonds is 6. The fourth-order valence-corrected chi connectivity index (χ4v) is 13.6. The summed E-state index contributed by atoms with van der Waals surface area (Å²) in [6.45, 7) is 15.3. The molecule has 14 heteroatoms. The van der Waals surface area contributed by atoms with Gasteiger partial charge in [0.1, 0.15) is 42.0 Å². The molecule has 55 heavy (non-hydrogen) atoms. The summed E-state index contributed by atoms with van der Waals surface area (Å²) in [4.78, 5) is 25.3. The highest BCUT2D eigenvalue weighted by Crippen LogP contribution is 2.76. The van der Waals surface area contributed by atoms with Gasteiger partial charge in [0.05, 0.1) is 18.8 Å². The minimum atomic E-state index is -1.88. The first-order valence-corrected chi connectivity index (χ1v) is 20.3. The van der Waals surface area contributed by atoms with Crippen molar-refractivity contribution >= 4 is 11.9 Å². The maximum atomic E-state index is 13.1. The van der Waals surface area contributed by atoms with Gasteiger partial charge in [-0.2, -0.15) is 0 Å². The molecule has 5 aliphatic carbocycles. The van der Waals surface area contributed by atoms with Crippen molar-refractivity contribution in [3.8, 4) is 0 Å². The molecule has 0 aromatic heterocycles. The molecule has 8 N–H and O–H groups in total. The first kappa shape index (κ1) is 41.4. The highest BCUT2D eigenvalue weighted by Gasteiger charge is 2.71. The third-order valence-corrected chi connectivity index (χ3v) is 16.8. The Morgan fingerprint density at radius 3 is 2.11 bits per heavy atom. The van der Waals surface area contributed by atoms with Crippen LogP contribution in [0.2, 0.25) is 0 Å². The average molecular weight is 781 g/mol. The van der Waals surface area contributed by atoms with E-state index in [-0.39, 0.29) is 39.4 Å². The molecule has 7 rings (SSSR count). The molecule has 0 unspecified atom stereocenters. The van der Waals surface area contributed by atoms with Crippen molar-refractivity contribution in [3.05, 3.63) is 11.6 Å². The normalized spacial score (nSPS) is 53.1. The summed E-state index contributed by atoms with van der Waals surface area (Å²) in [6.07, 6.45) is -7.60. The molecule has 2 saturated heterocycles. The molecule has 312 valence electrons. The summed E-state index contributed by atoms with van der Waals surface area (Å²) in [5.74, 6) is -2.18. The lowest BCUT2D eigenvalue weighted by Gasteiger charge is -2.71. The van der Waals surface area contributed by atoms with Crippen LogP contribution in [0.1, 0.15) is 106 Å². The van der Waals surface area contributed by atoms with Gasteiger partial charge in [0.25, 0.3) is 0 Å². The van der Waals surface area contributed by atoms with Gasteiger partial charge in [-0.1, -0.05) is 60.1 Å². The Labute approximate surface area is 323 Å². The smallest absolute Gasteiger partial charge is 0.335 e. The van der Waals surface area contributed by atoms with Gasteiger partial charge >= 0.3 is 11.9 Å². The Balaban J connectivity index is 1.14. The number of hydrogen-bond donors (Lipinski definition) is 8. The van der Waals surface area contributed by atoms with E-state index in [0.29, 0.717) is 25.7 Å². The van der Waals surface area contributed by atoms with E-state index >= 15 is 0 Å². The predicted molar refractivity (Wildman–Crippen MR) is 194 cm³/mol. The molecule has 0 aromatic rings. The van der Waals surface area contributed by atoms with Gasteiger partial charge in [-0.25, -0.2) is 4.79 Å². The Hall–Kier alpha value is -1.72. The summed E-state index contributed by atoms with van der Waals surface area (Å²) in [6, 6.07) is 0. The number of carboxylic acid groups (broad SMARTS) is 2. The van der Waals surface area contributed by atoms with E-state index in [4.69, 9.17) is 18.9 Å². The first-order valence-electron chi connectivity index (χ1n) is 20.3. The van der Waals surface area contributed by atoms with E-state index in [1.54, 1.807) is 0 Å². The number of aliphatic carboxylic acids is 2. The molecule has 14 nitrogen and oxygen atoms in total.